The zero-order chi connectivity index (χ0) is 12.4. The average Bonchev–Trinajstić information content (AvgIpc) is 2.72. The Labute approximate surface area is 98.1 Å². The summed E-state index contributed by atoms with van der Waals surface area (Å²) in [6, 6.07) is 3.78. The standard InChI is InChI=1S/C11H13N3O3/c1-7-2-3-14(11(16)13-7)10-8(5-12)4-9(6-15)17-10/h2-3,8-10,15H,4,6H2,1H3/t8-,9+,10-/m1/s1. The van der Waals surface area contributed by atoms with Crippen molar-refractivity contribution in [2.45, 2.75) is 25.7 Å². The van der Waals surface area contributed by atoms with Crippen LogP contribution in [0.1, 0.15) is 18.3 Å². The molecule has 2 heterocycles. The van der Waals surface area contributed by atoms with Crippen LogP contribution < -0.4 is 5.69 Å². The van der Waals surface area contributed by atoms with Gasteiger partial charge in [0.1, 0.15) is 0 Å². The van der Waals surface area contributed by atoms with Crippen LogP contribution in [0.3, 0.4) is 0 Å². The summed E-state index contributed by atoms with van der Waals surface area (Å²) in [6.45, 7) is 1.57. The zero-order valence-corrected chi connectivity index (χ0v) is 9.41. The molecular formula is C11H13N3O3. The van der Waals surface area contributed by atoms with Crippen LogP contribution in [0.4, 0.5) is 0 Å². The van der Waals surface area contributed by atoms with E-state index in [-0.39, 0.29) is 6.61 Å². The molecule has 0 aromatic carbocycles. The first-order valence-corrected chi connectivity index (χ1v) is 5.37. The minimum Gasteiger partial charge on any atom is -0.394 e. The molecule has 2 rings (SSSR count). The number of nitriles is 1. The lowest BCUT2D eigenvalue weighted by atomic mass is 10.1. The molecule has 1 aromatic heterocycles. The van der Waals surface area contributed by atoms with Gasteiger partial charge in [-0.2, -0.15) is 10.2 Å². The Morgan fingerprint density at radius 3 is 3.12 bits per heavy atom. The molecule has 0 spiro atoms. The van der Waals surface area contributed by atoms with E-state index in [1.807, 2.05) is 0 Å². The van der Waals surface area contributed by atoms with Crippen molar-refractivity contribution in [3.8, 4) is 6.07 Å². The Morgan fingerprint density at radius 2 is 2.53 bits per heavy atom. The molecule has 1 aromatic rings. The predicted molar refractivity (Wildman–Crippen MR) is 57.9 cm³/mol. The Hall–Kier alpha value is -1.71. The van der Waals surface area contributed by atoms with Crippen molar-refractivity contribution in [3.05, 3.63) is 28.4 Å². The molecule has 1 N–H and O–H groups in total. The van der Waals surface area contributed by atoms with Crippen LogP contribution in [0.5, 0.6) is 0 Å². The molecule has 0 unspecified atom stereocenters. The van der Waals surface area contributed by atoms with Crippen molar-refractivity contribution >= 4 is 0 Å². The summed E-state index contributed by atoms with van der Waals surface area (Å²) in [5.74, 6) is -0.436. The molecule has 0 aliphatic carbocycles. The third-order valence-corrected chi connectivity index (χ3v) is 2.81. The number of aryl methyl sites for hydroxylation is 1. The van der Waals surface area contributed by atoms with Gasteiger partial charge in [0.25, 0.3) is 0 Å². The molecule has 0 saturated carbocycles. The number of aliphatic hydroxyl groups is 1. The van der Waals surface area contributed by atoms with Crippen LogP contribution in [0.2, 0.25) is 0 Å². The van der Waals surface area contributed by atoms with E-state index in [1.54, 1.807) is 19.2 Å². The number of nitrogens with zero attached hydrogens (tertiary/aromatic N) is 3. The van der Waals surface area contributed by atoms with Gasteiger partial charge in [-0.15, -0.1) is 0 Å². The molecular weight excluding hydrogens is 222 g/mol. The van der Waals surface area contributed by atoms with Gasteiger partial charge in [0.2, 0.25) is 0 Å². The second kappa shape index (κ2) is 4.65. The summed E-state index contributed by atoms with van der Waals surface area (Å²) in [6.07, 6.45) is 0.952. The lowest BCUT2D eigenvalue weighted by Gasteiger charge is -2.16. The van der Waals surface area contributed by atoms with Gasteiger partial charge in [0, 0.05) is 11.9 Å². The van der Waals surface area contributed by atoms with Gasteiger partial charge in [-0.3, -0.25) is 4.57 Å². The molecule has 90 valence electrons. The molecule has 1 aliphatic heterocycles. The Morgan fingerprint density at radius 1 is 1.76 bits per heavy atom. The van der Waals surface area contributed by atoms with Gasteiger partial charge in [-0.25, -0.2) is 4.79 Å². The maximum Gasteiger partial charge on any atom is 0.349 e. The molecule has 1 aliphatic rings. The van der Waals surface area contributed by atoms with E-state index in [0.29, 0.717) is 12.1 Å². The molecule has 1 fully saturated rings. The van der Waals surface area contributed by atoms with E-state index in [9.17, 15) is 4.79 Å². The minimum atomic E-state index is -0.655. The largest absolute Gasteiger partial charge is 0.394 e. The lowest BCUT2D eigenvalue weighted by Crippen LogP contribution is -2.29. The molecule has 6 heteroatoms. The molecule has 1 saturated heterocycles. The van der Waals surface area contributed by atoms with Gasteiger partial charge >= 0.3 is 5.69 Å². The predicted octanol–water partition coefficient (Wildman–Crippen LogP) is -0.0287. The molecule has 0 bridgehead atoms. The third kappa shape index (κ3) is 2.20. The Balaban J connectivity index is 2.33. The van der Waals surface area contributed by atoms with Crippen LogP contribution in [-0.4, -0.2) is 27.4 Å². The molecule has 0 radical (unpaired) electrons. The number of aromatic nitrogens is 2. The van der Waals surface area contributed by atoms with Crippen LogP contribution >= 0.6 is 0 Å². The normalized spacial score (nSPS) is 27.9. The van der Waals surface area contributed by atoms with E-state index in [2.05, 4.69) is 11.1 Å². The lowest BCUT2D eigenvalue weighted by molar-refractivity contribution is -0.0305. The highest BCUT2D eigenvalue weighted by Crippen LogP contribution is 2.32. The van der Waals surface area contributed by atoms with Gasteiger partial charge in [-0.05, 0) is 19.4 Å². The minimum absolute atomic E-state index is 0.150. The second-order valence-electron chi connectivity index (χ2n) is 4.06. The van der Waals surface area contributed by atoms with Crippen LogP contribution in [0.25, 0.3) is 0 Å². The van der Waals surface area contributed by atoms with Gasteiger partial charge in [-0.1, -0.05) is 0 Å². The maximum atomic E-state index is 11.7. The first-order valence-electron chi connectivity index (χ1n) is 5.37. The average molecular weight is 235 g/mol. The van der Waals surface area contributed by atoms with Crippen molar-refractivity contribution in [1.82, 2.24) is 9.55 Å². The summed E-state index contributed by atoms with van der Waals surface area (Å²) < 4.78 is 6.77. The van der Waals surface area contributed by atoms with E-state index >= 15 is 0 Å². The highest BCUT2D eigenvalue weighted by Gasteiger charge is 2.36. The number of ether oxygens (including phenoxy) is 1. The van der Waals surface area contributed by atoms with E-state index < -0.39 is 23.9 Å². The summed E-state index contributed by atoms with van der Waals surface area (Å²) in [5, 5.41) is 18.0. The fourth-order valence-electron chi connectivity index (χ4n) is 1.93. The summed E-state index contributed by atoms with van der Waals surface area (Å²) in [4.78, 5) is 15.5. The summed E-state index contributed by atoms with van der Waals surface area (Å²) in [7, 11) is 0. The monoisotopic (exact) mass is 235 g/mol. The number of hydrogen-bond donors (Lipinski definition) is 1. The van der Waals surface area contributed by atoms with E-state index in [4.69, 9.17) is 15.1 Å². The van der Waals surface area contributed by atoms with Gasteiger partial charge in [0.15, 0.2) is 6.23 Å². The first kappa shape index (κ1) is 11.8. The van der Waals surface area contributed by atoms with Crippen LogP contribution in [-0.2, 0) is 4.74 Å². The zero-order valence-electron chi connectivity index (χ0n) is 9.41. The van der Waals surface area contributed by atoms with E-state index in [1.165, 1.54) is 4.57 Å². The van der Waals surface area contributed by atoms with Crippen molar-refractivity contribution < 1.29 is 9.84 Å². The maximum absolute atomic E-state index is 11.7. The Kier molecular flexibility index (Phi) is 3.22. The smallest absolute Gasteiger partial charge is 0.349 e. The van der Waals surface area contributed by atoms with Crippen molar-refractivity contribution in [1.29, 1.82) is 5.26 Å². The quantitative estimate of drug-likeness (QED) is 0.777. The fourth-order valence-corrected chi connectivity index (χ4v) is 1.93. The third-order valence-electron chi connectivity index (χ3n) is 2.81. The molecule has 0 amide bonds. The molecule has 3 atom stereocenters. The molecule has 17 heavy (non-hydrogen) atoms. The first-order chi connectivity index (χ1) is 8.15. The SMILES string of the molecule is Cc1ccn([C@@H]2O[C@H](CO)C[C@@H]2C#N)c(=O)n1. The van der Waals surface area contributed by atoms with Crippen molar-refractivity contribution in [2.75, 3.05) is 6.61 Å². The number of rotatable bonds is 2. The van der Waals surface area contributed by atoms with Gasteiger partial charge < -0.3 is 9.84 Å². The van der Waals surface area contributed by atoms with Crippen molar-refractivity contribution in [3.63, 3.8) is 0 Å². The van der Waals surface area contributed by atoms with Crippen LogP contribution in [0, 0.1) is 24.2 Å². The van der Waals surface area contributed by atoms with E-state index in [0.717, 1.165) is 0 Å². The Bertz CT molecular complexity index is 505. The number of aliphatic hydroxyl groups excluding tert-OH is 1. The highest BCUT2D eigenvalue weighted by atomic mass is 16.5. The van der Waals surface area contributed by atoms with Crippen LogP contribution in [0.15, 0.2) is 17.1 Å². The second-order valence-corrected chi connectivity index (χ2v) is 4.06. The number of hydrogen-bond acceptors (Lipinski definition) is 5. The summed E-state index contributed by atoms with van der Waals surface area (Å²) in [5.41, 5.74) is 0.185. The fraction of sp³-hybridized carbons (Fsp3) is 0.545. The molecule has 6 nitrogen and oxygen atoms in total. The highest BCUT2D eigenvalue weighted by molar-refractivity contribution is 5.00. The summed E-state index contributed by atoms with van der Waals surface area (Å²) >= 11 is 0. The van der Waals surface area contributed by atoms with Gasteiger partial charge in [0.05, 0.1) is 24.7 Å². The topological polar surface area (TPSA) is 88.1 Å². The van der Waals surface area contributed by atoms with Crippen molar-refractivity contribution in [2.24, 2.45) is 5.92 Å².